The minimum absolute atomic E-state index is 0.0388. The van der Waals surface area contributed by atoms with E-state index in [0.717, 1.165) is 5.56 Å². The number of nitrogens with zero attached hydrogens (tertiary/aromatic N) is 1. The molecular formula is C27H35BN4O8. The first-order valence-corrected chi connectivity index (χ1v) is 13.0. The zero-order valence-corrected chi connectivity index (χ0v) is 23.1. The number of nitrogens with one attached hydrogen (secondary N) is 3. The third kappa shape index (κ3) is 7.65. The molecular weight excluding hydrogens is 519 g/mol. The van der Waals surface area contributed by atoms with Gasteiger partial charge in [0.1, 0.15) is 17.8 Å². The maximum Gasteiger partial charge on any atom is 0.552 e. The number of aromatic nitrogens is 1. The number of amides is 2. The lowest BCUT2D eigenvalue weighted by Gasteiger charge is -2.26. The minimum Gasteiger partial charge on any atom is -0.506 e. The van der Waals surface area contributed by atoms with E-state index in [2.05, 4.69) is 20.9 Å². The number of pyridine rings is 1. The highest BCUT2D eigenvalue weighted by atomic mass is 16.7. The van der Waals surface area contributed by atoms with Crippen LogP contribution in [-0.4, -0.2) is 85.4 Å². The van der Waals surface area contributed by atoms with Gasteiger partial charge < -0.3 is 35.1 Å². The molecule has 1 aromatic carbocycles. The molecule has 40 heavy (non-hydrogen) atoms. The van der Waals surface area contributed by atoms with Gasteiger partial charge in [-0.25, -0.2) is 4.98 Å². The predicted molar refractivity (Wildman–Crippen MR) is 146 cm³/mol. The molecule has 4 N–H and O–H groups in total. The molecule has 1 aromatic heterocycles. The number of ether oxygens (including phenoxy) is 1. The van der Waals surface area contributed by atoms with E-state index in [9.17, 15) is 24.3 Å². The largest absolute Gasteiger partial charge is 0.552 e. The van der Waals surface area contributed by atoms with Crippen LogP contribution in [0, 0.1) is 5.92 Å². The molecule has 0 aliphatic carbocycles. The fraction of sp³-hybridized carbons (Fsp3) is 0.444. The SMILES string of the molecule is CN[C@@H](C(=O)OC)[C@H]1OB([C@H](CC(C)C)NC(=O)C(NC(=O)c2cccc(-c3ccccc3)n2)[C@@H](C)O)OC1=O. The van der Waals surface area contributed by atoms with Crippen LogP contribution >= 0.6 is 0 Å². The maximum atomic E-state index is 13.3. The fourth-order valence-corrected chi connectivity index (χ4v) is 4.29. The topological polar surface area (TPSA) is 165 Å². The van der Waals surface area contributed by atoms with Gasteiger partial charge >= 0.3 is 19.1 Å². The zero-order valence-electron chi connectivity index (χ0n) is 23.1. The van der Waals surface area contributed by atoms with Crippen molar-refractivity contribution < 1.29 is 38.3 Å². The Balaban J connectivity index is 1.75. The second-order valence-electron chi connectivity index (χ2n) is 9.86. The molecule has 2 amide bonds. The lowest BCUT2D eigenvalue weighted by molar-refractivity contribution is -0.150. The number of aliphatic hydroxyl groups is 1. The summed E-state index contributed by atoms with van der Waals surface area (Å²) in [6.07, 6.45) is -2.22. The molecule has 0 spiro atoms. The molecule has 13 heteroatoms. The molecule has 2 aromatic rings. The summed E-state index contributed by atoms with van der Waals surface area (Å²) >= 11 is 0. The normalized spacial score (nSPS) is 17.9. The highest BCUT2D eigenvalue weighted by Gasteiger charge is 2.51. The average molecular weight is 554 g/mol. The van der Waals surface area contributed by atoms with Gasteiger partial charge in [0.05, 0.1) is 24.8 Å². The van der Waals surface area contributed by atoms with Crippen LogP contribution in [0.25, 0.3) is 11.3 Å². The molecule has 1 aliphatic heterocycles. The first kappa shape index (κ1) is 30.7. The summed E-state index contributed by atoms with van der Waals surface area (Å²) in [6.45, 7) is 5.17. The fourth-order valence-electron chi connectivity index (χ4n) is 4.29. The van der Waals surface area contributed by atoms with Crippen LogP contribution < -0.4 is 16.0 Å². The Morgan fingerprint density at radius 2 is 1.77 bits per heavy atom. The van der Waals surface area contributed by atoms with E-state index in [4.69, 9.17) is 14.0 Å². The number of methoxy groups -OCH3 is 1. The van der Waals surface area contributed by atoms with E-state index in [-0.39, 0.29) is 11.6 Å². The number of hydrogen-bond acceptors (Lipinski definition) is 10. The Morgan fingerprint density at radius 3 is 2.38 bits per heavy atom. The Hall–Kier alpha value is -3.81. The van der Waals surface area contributed by atoms with Gasteiger partial charge in [-0.3, -0.25) is 19.2 Å². The van der Waals surface area contributed by atoms with Crippen LogP contribution in [0.15, 0.2) is 48.5 Å². The van der Waals surface area contributed by atoms with E-state index in [1.807, 2.05) is 44.2 Å². The molecule has 214 valence electrons. The number of esters is 1. The number of carbonyl (C=O) groups is 4. The second-order valence-corrected chi connectivity index (χ2v) is 9.86. The quantitative estimate of drug-likeness (QED) is 0.214. The average Bonchev–Trinajstić information content (AvgIpc) is 3.32. The summed E-state index contributed by atoms with van der Waals surface area (Å²) in [6, 6.07) is 11.8. The molecule has 1 unspecified atom stereocenters. The Labute approximate surface area is 233 Å². The Bertz CT molecular complexity index is 1200. The van der Waals surface area contributed by atoms with E-state index >= 15 is 0 Å². The molecule has 3 rings (SSSR count). The molecule has 1 aliphatic rings. The van der Waals surface area contributed by atoms with Gasteiger partial charge in [-0.2, -0.15) is 0 Å². The highest BCUT2D eigenvalue weighted by Crippen LogP contribution is 2.21. The predicted octanol–water partition coefficient (Wildman–Crippen LogP) is 0.489. The summed E-state index contributed by atoms with van der Waals surface area (Å²) in [7, 11) is 1.45. The van der Waals surface area contributed by atoms with Gasteiger partial charge in [-0.05, 0) is 38.4 Å². The number of benzene rings is 1. The third-order valence-electron chi connectivity index (χ3n) is 6.30. The van der Waals surface area contributed by atoms with Crippen molar-refractivity contribution in [3.63, 3.8) is 0 Å². The Morgan fingerprint density at radius 1 is 1.07 bits per heavy atom. The first-order chi connectivity index (χ1) is 19.0. The summed E-state index contributed by atoms with van der Waals surface area (Å²) in [5.41, 5.74) is 1.45. The summed E-state index contributed by atoms with van der Waals surface area (Å²) in [5, 5.41) is 18.3. The maximum absolute atomic E-state index is 13.3. The monoisotopic (exact) mass is 554 g/mol. The number of aliphatic hydroxyl groups excluding tert-OH is 1. The summed E-state index contributed by atoms with van der Waals surface area (Å²) in [5.74, 6) is -3.67. The smallest absolute Gasteiger partial charge is 0.506 e. The minimum atomic E-state index is -1.35. The highest BCUT2D eigenvalue weighted by molar-refractivity contribution is 6.51. The van der Waals surface area contributed by atoms with Gasteiger partial charge in [0, 0.05) is 5.56 Å². The van der Waals surface area contributed by atoms with Crippen molar-refractivity contribution in [3.8, 4) is 11.3 Å². The van der Waals surface area contributed by atoms with Gasteiger partial charge in [0.2, 0.25) is 5.91 Å². The van der Waals surface area contributed by atoms with E-state index in [1.165, 1.54) is 27.1 Å². The molecule has 5 atom stereocenters. The second kappa shape index (κ2) is 14.0. The van der Waals surface area contributed by atoms with Crippen LogP contribution in [0.5, 0.6) is 0 Å². The molecule has 1 saturated heterocycles. The van der Waals surface area contributed by atoms with Gasteiger partial charge in [-0.1, -0.05) is 50.2 Å². The standard InChI is InChI=1S/C27H35BN4O8/c1-15(2)14-20(28-39-23(27(37)40-28)22(29-4)26(36)38-5)31-25(35)21(16(3)33)32-24(34)19-13-9-12-18(30-19)17-10-7-6-8-11-17/h6-13,15-16,20-23,29,33H,14H2,1-5H3,(H,31,35)(H,32,34)/t16-,20+,21?,22-,23-/m1/s1. The molecule has 12 nitrogen and oxygen atoms in total. The number of likely N-dealkylation sites (N-methyl/N-ethyl adjacent to an activating group) is 1. The molecule has 2 heterocycles. The Kier molecular flexibility index (Phi) is 10.8. The van der Waals surface area contributed by atoms with Crippen molar-refractivity contribution in [2.45, 2.75) is 57.4 Å². The van der Waals surface area contributed by atoms with Crippen molar-refractivity contribution in [2.24, 2.45) is 5.92 Å². The molecule has 0 saturated carbocycles. The van der Waals surface area contributed by atoms with Crippen molar-refractivity contribution >= 4 is 30.9 Å². The van der Waals surface area contributed by atoms with Crippen molar-refractivity contribution in [3.05, 3.63) is 54.2 Å². The lowest BCUT2D eigenvalue weighted by atomic mass is 9.74. The van der Waals surface area contributed by atoms with Gasteiger partial charge in [0.25, 0.3) is 5.91 Å². The van der Waals surface area contributed by atoms with Crippen molar-refractivity contribution in [1.29, 1.82) is 0 Å². The van der Waals surface area contributed by atoms with E-state index in [0.29, 0.717) is 12.1 Å². The van der Waals surface area contributed by atoms with Crippen LogP contribution in [0.4, 0.5) is 0 Å². The first-order valence-electron chi connectivity index (χ1n) is 13.0. The number of rotatable bonds is 12. The molecule has 1 fully saturated rings. The zero-order chi connectivity index (χ0) is 29.4. The van der Waals surface area contributed by atoms with Crippen LogP contribution in [0.2, 0.25) is 0 Å². The third-order valence-corrected chi connectivity index (χ3v) is 6.30. The number of carbonyl (C=O) groups excluding carboxylic acids is 4. The molecule has 0 bridgehead atoms. The molecule has 0 radical (unpaired) electrons. The van der Waals surface area contributed by atoms with Crippen molar-refractivity contribution in [1.82, 2.24) is 20.9 Å². The van der Waals surface area contributed by atoms with Crippen LogP contribution in [-0.2, 0) is 28.4 Å². The summed E-state index contributed by atoms with van der Waals surface area (Å²) < 4.78 is 15.8. The van der Waals surface area contributed by atoms with E-state index in [1.54, 1.807) is 12.1 Å². The van der Waals surface area contributed by atoms with Crippen LogP contribution in [0.3, 0.4) is 0 Å². The van der Waals surface area contributed by atoms with Crippen LogP contribution in [0.1, 0.15) is 37.7 Å². The van der Waals surface area contributed by atoms with Gasteiger partial charge in [-0.15, -0.1) is 0 Å². The van der Waals surface area contributed by atoms with Crippen molar-refractivity contribution in [2.75, 3.05) is 14.2 Å². The van der Waals surface area contributed by atoms with Gasteiger partial charge in [0.15, 0.2) is 6.10 Å². The summed E-state index contributed by atoms with van der Waals surface area (Å²) in [4.78, 5) is 55.4. The van der Waals surface area contributed by atoms with E-state index < -0.39 is 61.1 Å². The number of hydrogen-bond donors (Lipinski definition) is 4. The lowest BCUT2D eigenvalue weighted by Crippen LogP contribution is -2.58.